The Morgan fingerprint density at radius 3 is 2.65 bits per heavy atom. The SMILES string of the molecule is COc1cc(N)ccc1S(=O)(=O)C1CCCC(OC)C1. The molecule has 5 nitrogen and oxygen atoms in total. The Hall–Kier alpha value is -1.27. The summed E-state index contributed by atoms with van der Waals surface area (Å²) in [5.74, 6) is 0.310. The molecule has 1 aromatic rings. The van der Waals surface area contributed by atoms with Crippen LogP contribution in [0.5, 0.6) is 5.75 Å². The van der Waals surface area contributed by atoms with Gasteiger partial charge in [0.25, 0.3) is 0 Å². The van der Waals surface area contributed by atoms with Crippen molar-refractivity contribution >= 4 is 15.5 Å². The van der Waals surface area contributed by atoms with Gasteiger partial charge in [0.15, 0.2) is 9.84 Å². The fraction of sp³-hybridized carbons (Fsp3) is 0.571. The topological polar surface area (TPSA) is 78.6 Å². The molecule has 0 bridgehead atoms. The minimum absolute atomic E-state index is 0.0169. The Labute approximate surface area is 120 Å². The predicted molar refractivity (Wildman–Crippen MR) is 77.6 cm³/mol. The Bertz CT molecular complexity index is 571. The molecule has 0 spiro atoms. The summed E-state index contributed by atoms with van der Waals surface area (Å²) in [6, 6.07) is 4.66. The Kier molecular flexibility index (Phi) is 4.55. The minimum Gasteiger partial charge on any atom is -0.495 e. The first-order valence-corrected chi connectivity index (χ1v) is 8.24. The average Bonchev–Trinajstić information content (AvgIpc) is 2.46. The van der Waals surface area contributed by atoms with Crippen LogP contribution in [0.4, 0.5) is 5.69 Å². The molecule has 1 aromatic carbocycles. The van der Waals surface area contributed by atoms with Gasteiger partial charge in [-0.05, 0) is 37.8 Å². The summed E-state index contributed by atoms with van der Waals surface area (Å²) in [5.41, 5.74) is 6.16. The maximum Gasteiger partial charge on any atom is 0.184 e. The normalized spacial score (nSPS) is 23.5. The summed E-state index contributed by atoms with van der Waals surface area (Å²) < 4.78 is 36.0. The number of rotatable bonds is 4. The Balaban J connectivity index is 2.35. The van der Waals surface area contributed by atoms with Crippen molar-refractivity contribution in [2.75, 3.05) is 20.0 Å². The number of sulfone groups is 1. The molecule has 112 valence electrons. The number of ether oxygens (including phenoxy) is 2. The molecule has 0 amide bonds. The van der Waals surface area contributed by atoms with E-state index >= 15 is 0 Å². The Morgan fingerprint density at radius 1 is 1.25 bits per heavy atom. The van der Waals surface area contributed by atoms with E-state index in [1.54, 1.807) is 19.2 Å². The molecule has 1 saturated carbocycles. The third kappa shape index (κ3) is 2.91. The minimum atomic E-state index is -3.43. The number of benzene rings is 1. The first-order chi connectivity index (χ1) is 9.48. The molecule has 0 radical (unpaired) electrons. The second-order valence-electron chi connectivity index (χ2n) is 5.10. The molecule has 0 heterocycles. The summed E-state index contributed by atoms with van der Waals surface area (Å²) >= 11 is 0. The zero-order valence-electron chi connectivity index (χ0n) is 11.8. The molecule has 1 aliphatic rings. The summed E-state index contributed by atoms with van der Waals surface area (Å²) in [5, 5.41) is -0.418. The van der Waals surface area contributed by atoms with Crippen LogP contribution in [0.25, 0.3) is 0 Å². The first kappa shape index (κ1) is 15.1. The van der Waals surface area contributed by atoms with Crippen LogP contribution < -0.4 is 10.5 Å². The second kappa shape index (κ2) is 6.01. The molecule has 1 aliphatic carbocycles. The highest BCUT2D eigenvalue weighted by Crippen LogP contribution is 2.34. The van der Waals surface area contributed by atoms with E-state index < -0.39 is 15.1 Å². The van der Waals surface area contributed by atoms with E-state index in [9.17, 15) is 8.42 Å². The maximum absolute atomic E-state index is 12.8. The molecule has 2 rings (SSSR count). The van der Waals surface area contributed by atoms with Gasteiger partial charge in [-0.15, -0.1) is 0 Å². The van der Waals surface area contributed by atoms with Crippen LogP contribution in [0.2, 0.25) is 0 Å². The van der Waals surface area contributed by atoms with Gasteiger partial charge in [-0.3, -0.25) is 0 Å². The van der Waals surface area contributed by atoms with Gasteiger partial charge >= 0.3 is 0 Å². The molecule has 0 aromatic heterocycles. The van der Waals surface area contributed by atoms with Gasteiger partial charge in [0.1, 0.15) is 10.6 Å². The van der Waals surface area contributed by atoms with Crippen molar-refractivity contribution < 1.29 is 17.9 Å². The van der Waals surface area contributed by atoms with Crippen molar-refractivity contribution in [3.8, 4) is 5.75 Å². The average molecular weight is 299 g/mol. The second-order valence-corrected chi connectivity index (χ2v) is 7.30. The van der Waals surface area contributed by atoms with Crippen LogP contribution in [-0.4, -0.2) is 34.0 Å². The highest BCUT2D eigenvalue weighted by Gasteiger charge is 2.34. The van der Waals surface area contributed by atoms with Gasteiger partial charge < -0.3 is 15.2 Å². The van der Waals surface area contributed by atoms with Crippen molar-refractivity contribution in [1.82, 2.24) is 0 Å². The molecule has 2 unspecified atom stereocenters. The van der Waals surface area contributed by atoms with Gasteiger partial charge in [0.05, 0.1) is 18.5 Å². The number of nitrogens with two attached hydrogens (primary N) is 1. The van der Waals surface area contributed by atoms with E-state index in [-0.39, 0.29) is 11.0 Å². The van der Waals surface area contributed by atoms with Crippen LogP contribution in [0.1, 0.15) is 25.7 Å². The zero-order valence-corrected chi connectivity index (χ0v) is 12.7. The third-order valence-electron chi connectivity index (χ3n) is 3.84. The molecular formula is C14H21NO4S. The van der Waals surface area contributed by atoms with Gasteiger partial charge in [-0.1, -0.05) is 0 Å². The molecule has 6 heteroatoms. The highest BCUT2D eigenvalue weighted by atomic mass is 32.2. The van der Waals surface area contributed by atoms with Crippen LogP contribution in [0.3, 0.4) is 0 Å². The molecule has 0 saturated heterocycles. The molecule has 1 fully saturated rings. The van der Waals surface area contributed by atoms with Crippen molar-refractivity contribution in [2.24, 2.45) is 0 Å². The lowest BCUT2D eigenvalue weighted by Gasteiger charge is -2.28. The van der Waals surface area contributed by atoms with E-state index in [2.05, 4.69) is 0 Å². The third-order valence-corrected chi connectivity index (χ3v) is 6.10. The maximum atomic E-state index is 12.8. The van der Waals surface area contributed by atoms with Gasteiger partial charge in [0, 0.05) is 18.9 Å². The molecule has 2 atom stereocenters. The monoisotopic (exact) mass is 299 g/mol. The van der Waals surface area contributed by atoms with Crippen molar-refractivity contribution in [3.05, 3.63) is 18.2 Å². The van der Waals surface area contributed by atoms with Crippen LogP contribution >= 0.6 is 0 Å². The van der Waals surface area contributed by atoms with Gasteiger partial charge in [0.2, 0.25) is 0 Å². The molecule has 20 heavy (non-hydrogen) atoms. The van der Waals surface area contributed by atoms with E-state index in [1.165, 1.54) is 13.2 Å². The standard InChI is InChI=1S/C14H21NO4S/c1-18-11-4-3-5-12(9-11)20(16,17)14-7-6-10(15)8-13(14)19-2/h6-8,11-12H,3-5,9,15H2,1-2H3. The van der Waals surface area contributed by atoms with Gasteiger partial charge in [-0.25, -0.2) is 8.42 Å². The van der Waals surface area contributed by atoms with E-state index in [0.717, 1.165) is 12.8 Å². The summed E-state index contributed by atoms with van der Waals surface area (Å²) in [6.07, 6.45) is 2.99. The zero-order chi connectivity index (χ0) is 14.8. The van der Waals surface area contributed by atoms with Crippen molar-refractivity contribution in [2.45, 2.75) is 41.9 Å². The lowest BCUT2D eigenvalue weighted by atomic mass is 9.97. The lowest BCUT2D eigenvalue weighted by Crippen LogP contribution is -2.32. The van der Waals surface area contributed by atoms with E-state index in [1.807, 2.05) is 0 Å². The van der Waals surface area contributed by atoms with Crippen LogP contribution in [0.15, 0.2) is 23.1 Å². The summed E-state index contributed by atoms with van der Waals surface area (Å²) in [7, 11) is -0.346. The number of nitrogen functional groups attached to an aromatic ring is 1. The van der Waals surface area contributed by atoms with E-state index in [0.29, 0.717) is 24.3 Å². The van der Waals surface area contributed by atoms with Crippen molar-refractivity contribution in [1.29, 1.82) is 0 Å². The predicted octanol–water partition coefficient (Wildman–Crippen LogP) is 2.01. The number of methoxy groups -OCH3 is 2. The summed E-state index contributed by atoms with van der Waals surface area (Å²) in [6.45, 7) is 0. The number of hydrogen-bond donors (Lipinski definition) is 1. The number of anilines is 1. The smallest absolute Gasteiger partial charge is 0.184 e. The largest absolute Gasteiger partial charge is 0.495 e. The highest BCUT2D eigenvalue weighted by molar-refractivity contribution is 7.92. The Morgan fingerprint density at radius 2 is 2.00 bits per heavy atom. The first-order valence-electron chi connectivity index (χ1n) is 6.69. The van der Waals surface area contributed by atoms with Crippen molar-refractivity contribution in [3.63, 3.8) is 0 Å². The van der Waals surface area contributed by atoms with Crippen LogP contribution in [-0.2, 0) is 14.6 Å². The van der Waals surface area contributed by atoms with Crippen LogP contribution in [0, 0.1) is 0 Å². The molecular weight excluding hydrogens is 278 g/mol. The van der Waals surface area contributed by atoms with Gasteiger partial charge in [-0.2, -0.15) is 0 Å². The lowest BCUT2D eigenvalue weighted by molar-refractivity contribution is 0.0720. The quantitative estimate of drug-likeness (QED) is 0.860. The summed E-state index contributed by atoms with van der Waals surface area (Å²) in [4.78, 5) is 0.218. The fourth-order valence-electron chi connectivity index (χ4n) is 2.70. The fourth-order valence-corrected chi connectivity index (χ4v) is 4.68. The van der Waals surface area contributed by atoms with E-state index in [4.69, 9.17) is 15.2 Å². The molecule has 0 aliphatic heterocycles. The number of hydrogen-bond acceptors (Lipinski definition) is 5. The molecule has 2 N–H and O–H groups in total.